The molecule has 19 heavy (non-hydrogen) atoms. The van der Waals surface area contributed by atoms with Crippen molar-refractivity contribution < 1.29 is 4.79 Å². The molecular formula is C14H16N4O. The fraction of sp³-hybridized carbons (Fsp3) is 0.286. The van der Waals surface area contributed by atoms with Gasteiger partial charge in [-0.3, -0.25) is 10.1 Å². The minimum Gasteiger partial charge on any atom is -0.347 e. The molecule has 5 heteroatoms. The SMILES string of the molecule is CNC1CNC(=O)c2cc(-c3ccc(C)cc3)nn21. The van der Waals surface area contributed by atoms with E-state index in [0.29, 0.717) is 12.2 Å². The van der Waals surface area contributed by atoms with Crippen LogP contribution in [0.1, 0.15) is 22.2 Å². The lowest BCUT2D eigenvalue weighted by Crippen LogP contribution is -2.44. The topological polar surface area (TPSA) is 58.9 Å². The van der Waals surface area contributed by atoms with Gasteiger partial charge < -0.3 is 5.32 Å². The number of nitrogens with one attached hydrogen (secondary N) is 2. The molecule has 0 bridgehead atoms. The van der Waals surface area contributed by atoms with E-state index < -0.39 is 0 Å². The van der Waals surface area contributed by atoms with Gasteiger partial charge in [0.15, 0.2) is 0 Å². The summed E-state index contributed by atoms with van der Waals surface area (Å²) in [7, 11) is 1.86. The van der Waals surface area contributed by atoms with Gasteiger partial charge in [-0.1, -0.05) is 29.8 Å². The summed E-state index contributed by atoms with van der Waals surface area (Å²) in [5, 5.41) is 10.5. The summed E-state index contributed by atoms with van der Waals surface area (Å²) in [6.07, 6.45) is 0.00639. The van der Waals surface area contributed by atoms with Crippen LogP contribution >= 0.6 is 0 Å². The molecule has 2 N–H and O–H groups in total. The highest BCUT2D eigenvalue weighted by molar-refractivity contribution is 5.94. The van der Waals surface area contributed by atoms with E-state index in [4.69, 9.17) is 0 Å². The van der Waals surface area contributed by atoms with Crippen molar-refractivity contribution in [2.45, 2.75) is 13.1 Å². The molecule has 1 aromatic heterocycles. The summed E-state index contributed by atoms with van der Waals surface area (Å²) >= 11 is 0. The predicted molar refractivity (Wildman–Crippen MR) is 72.8 cm³/mol. The second-order valence-electron chi connectivity index (χ2n) is 4.74. The van der Waals surface area contributed by atoms with Crippen molar-refractivity contribution in [2.75, 3.05) is 13.6 Å². The summed E-state index contributed by atoms with van der Waals surface area (Å²) in [5.41, 5.74) is 3.65. The number of carbonyl (C=O) groups excluding carboxylic acids is 1. The molecular weight excluding hydrogens is 240 g/mol. The predicted octanol–water partition coefficient (Wildman–Crippen LogP) is 1.32. The number of fused-ring (bicyclic) bond motifs is 1. The van der Waals surface area contributed by atoms with Crippen LogP contribution in [0.25, 0.3) is 11.3 Å². The Kier molecular flexibility index (Phi) is 2.83. The van der Waals surface area contributed by atoms with Crippen LogP contribution in [0.5, 0.6) is 0 Å². The molecule has 2 aromatic rings. The first-order valence-electron chi connectivity index (χ1n) is 6.31. The van der Waals surface area contributed by atoms with Crippen LogP contribution < -0.4 is 10.6 Å². The van der Waals surface area contributed by atoms with Gasteiger partial charge in [0.1, 0.15) is 11.9 Å². The maximum absolute atomic E-state index is 11.8. The number of hydrogen-bond donors (Lipinski definition) is 2. The zero-order valence-corrected chi connectivity index (χ0v) is 11.0. The van der Waals surface area contributed by atoms with Crippen LogP contribution in [-0.4, -0.2) is 29.3 Å². The third-order valence-corrected chi connectivity index (χ3v) is 3.40. The summed E-state index contributed by atoms with van der Waals surface area (Å²) in [6.45, 7) is 2.60. The zero-order valence-electron chi connectivity index (χ0n) is 11.0. The van der Waals surface area contributed by atoms with Crippen molar-refractivity contribution in [3.05, 3.63) is 41.6 Å². The minimum absolute atomic E-state index is 0.00639. The Labute approximate surface area is 111 Å². The average Bonchev–Trinajstić information content (AvgIpc) is 2.86. The van der Waals surface area contributed by atoms with E-state index >= 15 is 0 Å². The number of amides is 1. The third-order valence-electron chi connectivity index (χ3n) is 3.40. The van der Waals surface area contributed by atoms with Gasteiger partial charge in [0.05, 0.1) is 12.2 Å². The van der Waals surface area contributed by atoms with Crippen molar-refractivity contribution in [2.24, 2.45) is 0 Å². The van der Waals surface area contributed by atoms with Crippen LogP contribution in [0.15, 0.2) is 30.3 Å². The lowest BCUT2D eigenvalue weighted by molar-refractivity contribution is 0.0903. The number of hydrogen-bond acceptors (Lipinski definition) is 3. The van der Waals surface area contributed by atoms with Crippen LogP contribution in [-0.2, 0) is 0 Å². The van der Waals surface area contributed by atoms with Gasteiger partial charge in [-0.05, 0) is 20.0 Å². The Morgan fingerprint density at radius 1 is 1.37 bits per heavy atom. The van der Waals surface area contributed by atoms with Crippen LogP contribution in [0.4, 0.5) is 0 Å². The standard InChI is InChI=1S/C14H16N4O/c1-9-3-5-10(6-4-9)11-7-12-14(19)16-8-13(15-2)18(12)17-11/h3-7,13,15H,8H2,1-2H3,(H,16,19). The molecule has 0 aliphatic carbocycles. The van der Waals surface area contributed by atoms with Gasteiger partial charge in [0.25, 0.3) is 5.91 Å². The van der Waals surface area contributed by atoms with Gasteiger partial charge >= 0.3 is 0 Å². The number of rotatable bonds is 2. The van der Waals surface area contributed by atoms with Gasteiger partial charge in [-0.15, -0.1) is 0 Å². The molecule has 1 aliphatic rings. The Morgan fingerprint density at radius 2 is 2.11 bits per heavy atom. The Hall–Kier alpha value is -2.14. The smallest absolute Gasteiger partial charge is 0.269 e. The number of likely N-dealkylation sites (N-methyl/N-ethyl adjacent to an activating group) is 1. The molecule has 0 fully saturated rings. The monoisotopic (exact) mass is 256 g/mol. The highest BCUT2D eigenvalue weighted by Crippen LogP contribution is 2.22. The average molecular weight is 256 g/mol. The zero-order chi connectivity index (χ0) is 13.4. The molecule has 1 atom stereocenters. The first kappa shape index (κ1) is 11.9. The molecule has 0 radical (unpaired) electrons. The summed E-state index contributed by atoms with van der Waals surface area (Å²) in [6, 6.07) is 9.97. The lowest BCUT2D eigenvalue weighted by atomic mass is 10.1. The van der Waals surface area contributed by atoms with Crippen molar-refractivity contribution in [3.8, 4) is 11.3 Å². The highest BCUT2D eigenvalue weighted by Gasteiger charge is 2.26. The fourth-order valence-corrected chi connectivity index (χ4v) is 2.26. The summed E-state index contributed by atoms with van der Waals surface area (Å²) < 4.78 is 1.76. The van der Waals surface area contributed by atoms with Crippen molar-refractivity contribution in [1.82, 2.24) is 20.4 Å². The van der Waals surface area contributed by atoms with Crippen molar-refractivity contribution >= 4 is 5.91 Å². The van der Waals surface area contributed by atoms with Crippen molar-refractivity contribution in [3.63, 3.8) is 0 Å². The first-order valence-corrected chi connectivity index (χ1v) is 6.31. The number of nitrogens with zero attached hydrogens (tertiary/aromatic N) is 2. The normalized spacial score (nSPS) is 18.0. The van der Waals surface area contributed by atoms with E-state index in [1.807, 2.05) is 44.3 Å². The van der Waals surface area contributed by atoms with E-state index in [-0.39, 0.29) is 12.1 Å². The molecule has 1 aliphatic heterocycles. The summed E-state index contributed by atoms with van der Waals surface area (Å²) in [5.74, 6) is -0.0719. The molecule has 1 unspecified atom stereocenters. The molecule has 0 saturated carbocycles. The molecule has 98 valence electrons. The third kappa shape index (κ3) is 2.02. The molecule has 5 nitrogen and oxygen atoms in total. The van der Waals surface area contributed by atoms with Gasteiger partial charge in [-0.25, -0.2) is 4.68 Å². The van der Waals surface area contributed by atoms with E-state index in [1.54, 1.807) is 4.68 Å². The number of carbonyl (C=O) groups is 1. The maximum atomic E-state index is 11.8. The Bertz CT molecular complexity index is 615. The van der Waals surface area contributed by atoms with Crippen molar-refractivity contribution in [1.29, 1.82) is 0 Å². The quantitative estimate of drug-likeness (QED) is 0.852. The number of benzene rings is 1. The highest BCUT2D eigenvalue weighted by atomic mass is 16.2. The van der Waals surface area contributed by atoms with E-state index in [1.165, 1.54) is 5.56 Å². The molecule has 0 saturated heterocycles. The molecule has 1 amide bonds. The molecule has 3 rings (SSSR count). The van der Waals surface area contributed by atoms with E-state index in [9.17, 15) is 4.79 Å². The number of aromatic nitrogens is 2. The van der Waals surface area contributed by atoms with Gasteiger partial charge in [-0.2, -0.15) is 5.10 Å². The molecule has 1 aromatic carbocycles. The Balaban J connectivity index is 2.05. The minimum atomic E-state index is -0.0719. The number of aryl methyl sites for hydroxylation is 1. The largest absolute Gasteiger partial charge is 0.347 e. The molecule has 0 spiro atoms. The lowest BCUT2D eigenvalue weighted by Gasteiger charge is -2.23. The van der Waals surface area contributed by atoms with Crippen LogP contribution in [0.3, 0.4) is 0 Å². The van der Waals surface area contributed by atoms with Crippen LogP contribution in [0.2, 0.25) is 0 Å². The summed E-state index contributed by atoms with van der Waals surface area (Å²) in [4.78, 5) is 11.8. The van der Waals surface area contributed by atoms with E-state index in [0.717, 1.165) is 11.3 Å². The Morgan fingerprint density at radius 3 is 2.79 bits per heavy atom. The second kappa shape index (κ2) is 4.51. The van der Waals surface area contributed by atoms with Gasteiger partial charge in [0, 0.05) is 5.56 Å². The van der Waals surface area contributed by atoms with Crippen LogP contribution in [0, 0.1) is 6.92 Å². The van der Waals surface area contributed by atoms with Gasteiger partial charge in [0.2, 0.25) is 0 Å². The second-order valence-corrected chi connectivity index (χ2v) is 4.74. The maximum Gasteiger partial charge on any atom is 0.269 e. The first-order chi connectivity index (χ1) is 9.19. The molecule has 2 heterocycles. The fourth-order valence-electron chi connectivity index (χ4n) is 2.26. The van der Waals surface area contributed by atoms with E-state index in [2.05, 4.69) is 15.7 Å².